The summed E-state index contributed by atoms with van der Waals surface area (Å²) in [5.41, 5.74) is 0. The molecule has 0 aromatic carbocycles. The maximum Gasteiger partial charge on any atom is 0.320 e. The molecule has 0 atom stereocenters. The number of hydrogen-bond donors (Lipinski definition) is 0. The molecule has 1 rings (SSSR count). The number of piperazine rings is 1. The highest BCUT2D eigenvalue weighted by Gasteiger charge is 2.25. The van der Waals surface area contributed by atoms with Crippen LogP contribution < -0.4 is 0 Å². The van der Waals surface area contributed by atoms with Gasteiger partial charge in [0.25, 0.3) is 0 Å². The molecule has 0 bridgehead atoms. The van der Waals surface area contributed by atoms with Gasteiger partial charge in [0, 0.05) is 39.3 Å². The Balaban J connectivity index is 2.48. The van der Waals surface area contributed by atoms with Gasteiger partial charge in [-0.3, -0.25) is 4.79 Å². The molecule has 1 fully saturated rings. The zero-order valence-corrected chi connectivity index (χ0v) is 11.6. The summed E-state index contributed by atoms with van der Waals surface area (Å²) in [6.07, 6.45) is 3.32. The number of carbonyl (C=O) groups is 2. The van der Waals surface area contributed by atoms with E-state index in [0.717, 1.165) is 13.1 Å². The average Bonchev–Trinajstić information content (AvgIpc) is 2.40. The highest BCUT2D eigenvalue weighted by Crippen LogP contribution is 2.06. The van der Waals surface area contributed by atoms with Crippen molar-refractivity contribution in [1.82, 2.24) is 14.7 Å². The second-order valence-electron chi connectivity index (χ2n) is 4.27. The lowest BCUT2D eigenvalue weighted by atomic mass is 10.3. The fraction of sp³-hybridized carbons (Fsp3) is 0.692. The van der Waals surface area contributed by atoms with Crippen molar-refractivity contribution in [3.8, 4) is 0 Å². The van der Waals surface area contributed by atoms with Crippen LogP contribution in [-0.4, -0.2) is 65.9 Å². The van der Waals surface area contributed by atoms with Crippen LogP contribution >= 0.6 is 0 Å². The lowest BCUT2D eigenvalue weighted by molar-refractivity contribution is -0.127. The quantitative estimate of drug-likeness (QED) is 0.709. The number of hydrogen-bond acceptors (Lipinski definition) is 2. The first kappa shape index (κ1) is 14.5. The van der Waals surface area contributed by atoms with E-state index in [0.29, 0.717) is 26.2 Å². The van der Waals surface area contributed by atoms with Gasteiger partial charge in [-0.1, -0.05) is 6.08 Å². The van der Waals surface area contributed by atoms with Crippen molar-refractivity contribution < 1.29 is 9.59 Å². The van der Waals surface area contributed by atoms with Crippen LogP contribution in [0.4, 0.5) is 4.79 Å². The van der Waals surface area contributed by atoms with Crippen LogP contribution in [0, 0.1) is 0 Å². The Kier molecular flexibility index (Phi) is 5.68. The summed E-state index contributed by atoms with van der Waals surface area (Å²) in [4.78, 5) is 29.2. The first-order chi connectivity index (χ1) is 8.63. The Bertz CT molecular complexity index is 316. The lowest BCUT2D eigenvalue weighted by Crippen LogP contribution is -2.53. The van der Waals surface area contributed by atoms with Crippen LogP contribution in [0.1, 0.15) is 20.8 Å². The molecule has 0 radical (unpaired) electrons. The molecule has 0 unspecified atom stereocenters. The molecule has 1 saturated heterocycles. The van der Waals surface area contributed by atoms with Crippen molar-refractivity contribution in [3.63, 3.8) is 0 Å². The molecule has 0 saturated carbocycles. The van der Waals surface area contributed by atoms with E-state index in [1.54, 1.807) is 17.1 Å². The highest BCUT2D eigenvalue weighted by molar-refractivity contribution is 5.87. The van der Waals surface area contributed by atoms with Gasteiger partial charge in [0.1, 0.15) is 0 Å². The van der Waals surface area contributed by atoms with Crippen LogP contribution in [0.5, 0.6) is 0 Å². The third-order valence-electron chi connectivity index (χ3n) is 3.21. The third-order valence-corrected chi connectivity index (χ3v) is 3.21. The molecule has 18 heavy (non-hydrogen) atoms. The summed E-state index contributed by atoms with van der Waals surface area (Å²) >= 11 is 0. The highest BCUT2D eigenvalue weighted by atomic mass is 16.2. The molecular weight excluding hydrogens is 230 g/mol. The van der Waals surface area contributed by atoms with Gasteiger partial charge in [0.2, 0.25) is 5.91 Å². The van der Waals surface area contributed by atoms with Crippen molar-refractivity contribution in [2.24, 2.45) is 0 Å². The van der Waals surface area contributed by atoms with Crippen LogP contribution in [-0.2, 0) is 4.79 Å². The minimum absolute atomic E-state index is 0.0347. The van der Waals surface area contributed by atoms with Gasteiger partial charge in [0.05, 0.1) is 0 Å². The molecule has 1 heterocycles. The Hall–Kier alpha value is -1.52. The standard InChI is InChI=1S/C13H23N3O2/c1-4-7-12(17)15-8-10-16(11-9-15)13(18)14(5-2)6-3/h4,7H,5-6,8-11H2,1-3H3. The number of rotatable bonds is 3. The molecule has 1 aliphatic heterocycles. The predicted octanol–water partition coefficient (Wildman–Crippen LogP) is 1.17. The van der Waals surface area contributed by atoms with Crippen LogP contribution in [0.25, 0.3) is 0 Å². The summed E-state index contributed by atoms with van der Waals surface area (Å²) in [6, 6.07) is 0.0816. The van der Waals surface area contributed by atoms with E-state index in [-0.39, 0.29) is 11.9 Å². The molecule has 0 spiro atoms. The molecule has 5 nitrogen and oxygen atoms in total. The minimum atomic E-state index is 0.0347. The first-order valence-corrected chi connectivity index (χ1v) is 6.59. The van der Waals surface area contributed by atoms with E-state index in [9.17, 15) is 9.59 Å². The summed E-state index contributed by atoms with van der Waals surface area (Å²) in [5, 5.41) is 0. The Labute approximate surface area is 109 Å². The van der Waals surface area contributed by atoms with Crippen molar-refractivity contribution in [1.29, 1.82) is 0 Å². The van der Waals surface area contributed by atoms with E-state index in [2.05, 4.69) is 0 Å². The van der Waals surface area contributed by atoms with Crippen LogP contribution in [0.3, 0.4) is 0 Å². The molecule has 0 aromatic heterocycles. The third kappa shape index (κ3) is 3.48. The van der Waals surface area contributed by atoms with Gasteiger partial charge >= 0.3 is 6.03 Å². The minimum Gasteiger partial charge on any atom is -0.336 e. The van der Waals surface area contributed by atoms with Gasteiger partial charge in [-0.25, -0.2) is 4.79 Å². The van der Waals surface area contributed by atoms with Gasteiger partial charge in [-0.2, -0.15) is 0 Å². The van der Waals surface area contributed by atoms with E-state index in [1.807, 2.05) is 30.6 Å². The predicted molar refractivity (Wildman–Crippen MR) is 71.3 cm³/mol. The summed E-state index contributed by atoms with van der Waals surface area (Å²) in [5.74, 6) is 0.0347. The Morgan fingerprint density at radius 1 is 1.06 bits per heavy atom. The molecular formula is C13H23N3O2. The number of urea groups is 1. The van der Waals surface area contributed by atoms with Gasteiger partial charge in [-0.15, -0.1) is 0 Å². The van der Waals surface area contributed by atoms with E-state index in [1.165, 1.54) is 0 Å². The van der Waals surface area contributed by atoms with Crippen molar-refractivity contribution in [3.05, 3.63) is 12.2 Å². The monoisotopic (exact) mass is 253 g/mol. The van der Waals surface area contributed by atoms with Gasteiger partial charge in [-0.05, 0) is 26.8 Å². The van der Waals surface area contributed by atoms with Crippen molar-refractivity contribution >= 4 is 11.9 Å². The first-order valence-electron chi connectivity index (χ1n) is 6.59. The summed E-state index contributed by atoms with van der Waals surface area (Å²) in [7, 11) is 0. The van der Waals surface area contributed by atoms with Crippen molar-refractivity contribution in [2.75, 3.05) is 39.3 Å². The van der Waals surface area contributed by atoms with E-state index in [4.69, 9.17) is 0 Å². The molecule has 5 heteroatoms. The second-order valence-corrected chi connectivity index (χ2v) is 4.27. The molecule has 0 aliphatic carbocycles. The van der Waals surface area contributed by atoms with Gasteiger partial charge in [0.15, 0.2) is 0 Å². The number of amides is 3. The summed E-state index contributed by atoms with van der Waals surface area (Å²) in [6.45, 7) is 9.74. The maximum absolute atomic E-state index is 12.1. The fourth-order valence-electron chi connectivity index (χ4n) is 2.06. The number of carbonyl (C=O) groups excluding carboxylic acids is 2. The van der Waals surface area contributed by atoms with E-state index < -0.39 is 0 Å². The Morgan fingerprint density at radius 3 is 2.00 bits per heavy atom. The SMILES string of the molecule is CC=CC(=O)N1CCN(C(=O)N(CC)CC)CC1. The number of nitrogens with zero attached hydrogens (tertiary/aromatic N) is 3. The molecule has 0 aromatic rings. The fourth-order valence-corrected chi connectivity index (χ4v) is 2.06. The van der Waals surface area contributed by atoms with Crippen molar-refractivity contribution in [2.45, 2.75) is 20.8 Å². The lowest BCUT2D eigenvalue weighted by Gasteiger charge is -2.36. The summed E-state index contributed by atoms with van der Waals surface area (Å²) < 4.78 is 0. The zero-order valence-electron chi connectivity index (χ0n) is 11.6. The normalized spacial score (nSPS) is 16.2. The molecule has 3 amide bonds. The molecule has 0 N–H and O–H groups in total. The van der Waals surface area contributed by atoms with Crippen LogP contribution in [0.15, 0.2) is 12.2 Å². The zero-order chi connectivity index (χ0) is 13.5. The molecule has 102 valence electrons. The van der Waals surface area contributed by atoms with E-state index >= 15 is 0 Å². The average molecular weight is 253 g/mol. The topological polar surface area (TPSA) is 43.9 Å². The molecule has 1 aliphatic rings. The smallest absolute Gasteiger partial charge is 0.320 e. The van der Waals surface area contributed by atoms with Crippen LogP contribution in [0.2, 0.25) is 0 Å². The second kappa shape index (κ2) is 7.03. The number of allylic oxidation sites excluding steroid dienone is 1. The largest absolute Gasteiger partial charge is 0.336 e. The van der Waals surface area contributed by atoms with Gasteiger partial charge < -0.3 is 14.7 Å². The Morgan fingerprint density at radius 2 is 1.56 bits per heavy atom. The maximum atomic E-state index is 12.1.